The van der Waals surface area contributed by atoms with Gasteiger partial charge in [0.25, 0.3) is 0 Å². The van der Waals surface area contributed by atoms with Gasteiger partial charge >= 0.3 is 0 Å². The van der Waals surface area contributed by atoms with Gasteiger partial charge in [0, 0.05) is 43.2 Å². The van der Waals surface area contributed by atoms with Crippen LogP contribution in [-0.2, 0) is 21.2 Å². The Morgan fingerprint density at radius 2 is 1.79 bits per heavy atom. The van der Waals surface area contributed by atoms with E-state index in [0.29, 0.717) is 24.4 Å². The van der Waals surface area contributed by atoms with Gasteiger partial charge in [0.1, 0.15) is 11.3 Å². The zero-order valence-corrected chi connectivity index (χ0v) is 16.9. The number of fused-ring (bicyclic) bond motifs is 1. The van der Waals surface area contributed by atoms with Crippen LogP contribution in [0.25, 0.3) is 11.0 Å². The van der Waals surface area contributed by atoms with Gasteiger partial charge in [0.2, 0.25) is 15.9 Å². The van der Waals surface area contributed by atoms with Crippen molar-refractivity contribution in [1.29, 1.82) is 0 Å². The quantitative estimate of drug-likeness (QED) is 0.641. The fourth-order valence-electron chi connectivity index (χ4n) is 3.52. The fraction of sp³-hybridized carbons (Fsp3) is 0.286. The molecule has 4 rings (SSSR count). The molecule has 1 amide bonds. The van der Waals surface area contributed by atoms with E-state index in [0.717, 1.165) is 10.9 Å². The first kappa shape index (κ1) is 19.5. The summed E-state index contributed by atoms with van der Waals surface area (Å²) in [6.07, 6.45) is 1.81. The van der Waals surface area contributed by atoms with Crippen molar-refractivity contribution in [2.24, 2.45) is 0 Å². The number of hydrogen-bond acceptors (Lipinski definition) is 5. The lowest BCUT2D eigenvalue weighted by Crippen LogP contribution is -2.50. The van der Waals surface area contributed by atoms with Gasteiger partial charge in [-0.1, -0.05) is 18.2 Å². The second kappa shape index (κ2) is 7.88. The molecular formula is C21H22N2O5S. The van der Waals surface area contributed by atoms with Crippen LogP contribution >= 0.6 is 0 Å². The van der Waals surface area contributed by atoms with E-state index >= 15 is 0 Å². The van der Waals surface area contributed by atoms with Crippen molar-refractivity contribution in [3.63, 3.8) is 0 Å². The van der Waals surface area contributed by atoms with Crippen molar-refractivity contribution in [3.05, 3.63) is 60.4 Å². The Labute approximate surface area is 169 Å². The van der Waals surface area contributed by atoms with E-state index in [-0.39, 0.29) is 30.3 Å². The Kier molecular flexibility index (Phi) is 5.29. The summed E-state index contributed by atoms with van der Waals surface area (Å²) in [5.41, 5.74) is 1.48. The van der Waals surface area contributed by atoms with Crippen LogP contribution in [0.1, 0.15) is 5.56 Å². The number of ether oxygens (including phenoxy) is 1. The van der Waals surface area contributed by atoms with E-state index in [1.54, 1.807) is 54.7 Å². The number of amides is 1. The molecule has 0 bridgehead atoms. The van der Waals surface area contributed by atoms with Crippen molar-refractivity contribution in [2.45, 2.75) is 11.3 Å². The van der Waals surface area contributed by atoms with Gasteiger partial charge in [0.05, 0.1) is 24.7 Å². The van der Waals surface area contributed by atoms with Crippen molar-refractivity contribution < 1.29 is 22.4 Å². The number of furan rings is 1. The van der Waals surface area contributed by atoms with E-state index in [9.17, 15) is 13.2 Å². The summed E-state index contributed by atoms with van der Waals surface area (Å²) in [6, 6.07) is 13.9. The number of benzene rings is 2. The third-order valence-electron chi connectivity index (χ3n) is 5.18. The second-order valence-corrected chi connectivity index (χ2v) is 8.84. The third kappa shape index (κ3) is 3.86. The molecule has 0 spiro atoms. The normalized spacial score (nSPS) is 15.6. The summed E-state index contributed by atoms with van der Waals surface area (Å²) in [7, 11) is -1.94. The Hall–Kier alpha value is -2.84. The first-order chi connectivity index (χ1) is 14.0. The van der Waals surface area contributed by atoms with Crippen LogP contribution in [0, 0.1) is 0 Å². The number of hydrogen-bond donors (Lipinski definition) is 0. The maximum atomic E-state index is 12.8. The lowest BCUT2D eigenvalue weighted by molar-refractivity contribution is -0.131. The highest BCUT2D eigenvalue weighted by Crippen LogP contribution is 2.26. The van der Waals surface area contributed by atoms with Crippen molar-refractivity contribution in [2.75, 3.05) is 33.3 Å². The molecule has 0 N–H and O–H groups in total. The molecule has 8 heteroatoms. The molecule has 0 aliphatic carbocycles. The lowest BCUT2D eigenvalue weighted by Gasteiger charge is -2.34. The van der Waals surface area contributed by atoms with Crippen LogP contribution in [0.2, 0.25) is 0 Å². The van der Waals surface area contributed by atoms with Crippen LogP contribution in [-0.4, -0.2) is 56.8 Å². The van der Waals surface area contributed by atoms with E-state index < -0.39 is 10.0 Å². The molecule has 2 aromatic carbocycles. The number of carbonyl (C=O) groups excluding carboxylic acids is 1. The maximum absolute atomic E-state index is 12.8. The van der Waals surface area contributed by atoms with Gasteiger partial charge < -0.3 is 14.1 Å². The summed E-state index contributed by atoms with van der Waals surface area (Å²) in [5.74, 6) is 0.653. The SMILES string of the molecule is COc1ccc2c(CC(=O)N3CCN(S(=O)(=O)c4ccccc4)CC3)coc2c1. The number of rotatable bonds is 5. The summed E-state index contributed by atoms with van der Waals surface area (Å²) in [5, 5.41) is 0.879. The maximum Gasteiger partial charge on any atom is 0.243 e. The van der Waals surface area contributed by atoms with E-state index in [1.165, 1.54) is 4.31 Å². The van der Waals surface area contributed by atoms with Gasteiger partial charge in [-0.3, -0.25) is 4.79 Å². The molecule has 1 saturated heterocycles. The summed E-state index contributed by atoms with van der Waals surface area (Å²) in [4.78, 5) is 14.7. The topological polar surface area (TPSA) is 80.1 Å². The minimum Gasteiger partial charge on any atom is -0.497 e. The van der Waals surface area contributed by atoms with Crippen LogP contribution in [0.3, 0.4) is 0 Å². The highest BCUT2D eigenvalue weighted by Gasteiger charge is 2.30. The molecule has 0 saturated carbocycles. The predicted octanol–water partition coefficient (Wildman–Crippen LogP) is 2.52. The Bertz CT molecular complexity index is 1120. The number of carbonyl (C=O) groups is 1. The molecule has 7 nitrogen and oxygen atoms in total. The molecule has 0 atom stereocenters. The van der Waals surface area contributed by atoms with E-state index in [2.05, 4.69) is 0 Å². The summed E-state index contributed by atoms with van der Waals surface area (Å²) < 4.78 is 37.6. The monoisotopic (exact) mass is 414 g/mol. The van der Waals surface area contributed by atoms with Crippen molar-refractivity contribution in [3.8, 4) is 5.75 Å². The van der Waals surface area contributed by atoms with Gasteiger partial charge in [0.15, 0.2) is 0 Å². The standard InChI is InChI=1S/C21H22N2O5S/c1-27-17-7-8-19-16(15-28-20(19)14-17)13-21(24)22-9-11-23(12-10-22)29(25,26)18-5-3-2-4-6-18/h2-8,14-15H,9-13H2,1H3. The molecule has 1 aliphatic heterocycles. The molecule has 1 aromatic heterocycles. The molecule has 0 unspecified atom stereocenters. The largest absolute Gasteiger partial charge is 0.497 e. The van der Waals surface area contributed by atoms with Crippen molar-refractivity contribution in [1.82, 2.24) is 9.21 Å². The third-order valence-corrected chi connectivity index (χ3v) is 7.09. The average molecular weight is 414 g/mol. The molecule has 2 heterocycles. The zero-order chi connectivity index (χ0) is 20.4. The lowest BCUT2D eigenvalue weighted by atomic mass is 10.1. The molecule has 1 fully saturated rings. The van der Waals surface area contributed by atoms with Gasteiger partial charge in [-0.15, -0.1) is 0 Å². The Morgan fingerprint density at radius 3 is 2.48 bits per heavy atom. The van der Waals surface area contributed by atoms with Crippen LogP contribution < -0.4 is 4.74 Å². The number of methoxy groups -OCH3 is 1. The highest BCUT2D eigenvalue weighted by molar-refractivity contribution is 7.89. The average Bonchev–Trinajstić information content (AvgIpc) is 3.16. The minimum atomic E-state index is -3.53. The van der Waals surface area contributed by atoms with E-state index in [4.69, 9.17) is 9.15 Å². The molecule has 1 aliphatic rings. The molecule has 3 aromatic rings. The highest BCUT2D eigenvalue weighted by atomic mass is 32.2. The number of sulfonamides is 1. The second-order valence-electron chi connectivity index (χ2n) is 6.90. The predicted molar refractivity (Wildman–Crippen MR) is 108 cm³/mol. The van der Waals surface area contributed by atoms with Crippen molar-refractivity contribution >= 4 is 26.9 Å². The van der Waals surface area contributed by atoms with Gasteiger partial charge in [-0.25, -0.2) is 8.42 Å². The smallest absolute Gasteiger partial charge is 0.243 e. The molecule has 29 heavy (non-hydrogen) atoms. The summed E-state index contributed by atoms with van der Waals surface area (Å²) >= 11 is 0. The first-order valence-electron chi connectivity index (χ1n) is 9.36. The van der Waals surface area contributed by atoms with Gasteiger partial charge in [-0.05, 0) is 24.3 Å². The zero-order valence-electron chi connectivity index (χ0n) is 16.1. The molecular weight excluding hydrogens is 392 g/mol. The van der Waals surface area contributed by atoms with Crippen LogP contribution in [0.4, 0.5) is 0 Å². The Morgan fingerprint density at radius 1 is 1.07 bits per heavy atom. The Balaban J connectivity index is 1.41. The number of nitrogens with zero attached hydrogens (tertiary/aromatic N) is 2. The summed E-state index contributed by atoms with van der Waals surface area (Å²) in [6.45, 7) is 1.31. The first-order valence-corrected chi connectivity index (χ1v) is 10.8. The molecule has 152 valence electrons. The fourth-order valence-corrected chi connectivity index (χ4v) is 4.96. The minimum absolute atomic E-state index is 0.0414. The molecule has 0 radical (unpaired) electrons. The van der Waals surface area contributed by atoms with Crippen LogP contribution in [0.15, 0.2) is 64.1 Å². The number of piperazine rings is 1. The van der Waals surface area contributed by atoms with Crippen LogP contribution in [0.5, 0.6) is 5.75 Å². The van der Waals surface area contributed by atoms with Gasteiger partial charge in [-0.2, -0.15) is 4.31 Å². The van der Waals surface area contributed by atoms with E-state index in [1.807, 2.05) is 12.1 Å².